The topological polar surface area (TPSA) is 76.4 Å². The highest BCUT2D eigenvalue weighted by molar-refractivity contribution is 6.30. The number of guanidine groups is 1. The number of benzene rings is 1. The highest BCUT2D eigenvalue weighted by Gasteiger charge is 2.11. The van der Waals surface area contributed by atoms with Crippen LogP contribution in [0.15, 0.2) is 60.0 Å². The summed E-state index contributed by atoms with van der Waals surface area (Å²) in [4.78, 5) is 8.85. The van der Waals surface area contributed by atoms with Gasteiger partial charge in [0.05, 0.1) is 6.54 Å². The molecule has 2 heterocycles. The summed E-state index contributed by atoms with van der Waals surface area (Å²) in [7, 11) is 0. The molecule has 3 aromatic rings. The van der Waals surface area contributed by atoms with Gasteiger partial charge in [0.1, 0.15) is 5.75 Å². The highest BCUT2D eigenvalue weighted by Crippen LogP contribution is 2.24. The van der Waals surface area contributed by atoms with Crippen LogP contribution in [0, 0.1) is 0 Å². The van der Waals surface area contributed by atoms with Crippen molar-refractivity contribution in [1.82, 2.24) is 25.4 Å². The third kappa shape index (κ3) is 6.15. The molecule has 7 nitrogen and oxygen atoms in total. The number of halogens is 3. The molecule has 0 aliphatic carbocycles. The van der Waals surface area contributed by atoms with Crippen molar-refractivity contribution < 1.29 is 13.5 Å². The van der Waals surface area contributed by atoms with Crippen LogP contribution in [0.5, 0.6) is 5.75 Å². The van der Waals surface area contributed by atoms with E-state index >= 15 is 0 Å². The van der Waals surface area contributed by atoms with Gasteiger partial charge in [0.15, 0.2) is 11.8 Å². The number of aliphatic imine (C=N–C) groups is 1. The summed E-state index contributed by atoms with van der Waals surface area (Å²) in [6, 6.07) is 10.1. The average molecular weight is 435 g/mol. The summed E-state index contributed by atoms with van der Waals surface area (Å²) in [5.74, 6) is 1.28. The van der Waals surface area contributed by atoms with Crippen LogP contribution in [0.4, 0.5) is 8.78 Å². The van der Waals surface area contributed by atoms with Gasteiger partial charge in [-0.2, -0.15) is 13.9 Å². The number of ether oxygens (including phenoxy) is 1. The van der Waals surface area contributed by atoms with E-state index < -0.39 is 6.61 Å². The molecule has 0 atom stereocenters. The van der Waals surface area contributed by atoms with Gasteiger partial charge in [0.25, 0.3) is 0 Å². The van der Waals surface area contributed by atoms with Crippen molar-refractivity contribution >= 4 is 17.6 Å². The summed E-state index contributed by atoms with van der Waals surface area (Å²) < 4.78 is 31.5. The molecule has 0 fully saturated rings. The average Bonchev–Trinajstić information content (AvgIpc) is 3.27. The van der Waals surface area contributed by atoms with Gasteiger partial charge in [-0.15, -0.1) is 0 Å². The van der Waals surface area contributed by atoms with Crippen molar-refractivity contribution in [2.75, 3.05) is 6.54 Å². The first-order valence-corrected chi connectivity index (χ1v) is 9.63. The second kappa shape index (κ2) is 10.5. The second-order valence-electron chi connectivity index (χ2n) is 6.15. The van der Waals surface area contributed by atoms with Gasteiger partial charge in [0, 0.05) is 42.3 Å². The maximum atomic E-state index is 12.6. The minimum Gasteiger partial charge on any atom is -0.434 e. The fourth-order valence-electron chi connectivity index (χ4n) is 2.68. The lowest BCUT2D eigenvalue weighted by atomic mass is 10.2. The Labute approximate surface area is 177 Å². The summed E-state index contributed by atoms with van der Waals surface area (Å²) in [6.07, 6.45) is 5.19. The molecular weight excluding hydrogens is 414 g/mol. The molecule has 0 saturated carbocycles. The molecule has 2 N–H and O–H groups in total. The van der Waals surface area contributed by atoms with E-state index in [1.807, 2.05) is 31.3 Å². The zero-order valence-corrected chi connectivity index (χ0v) is 17.0. The van der Waals surface area contributed by atoms with E-state index in [0.717, 1.165) is 5.56 Å². The number of hydrogen-bond donors (Lipinski definition) is 2. The third-order valence-electron chi connectivity index (χ3n) is 4.00. The van der Waals surface area contributed by atoms with Gasteiger partial charge < -0.3 is 15.4 Å². The Morgan fingerprint density at radius 3 is 2.83 bits per heavy atom. The molecule has 30 heavy (non-hydrogen) atoms. The molecule has 158 valence electrons. The van der Waals surface area contributed by atoms with Gasteiger partial charge >= 0.3 is 6.61 Å². The molecule has 2 aromatic heterocycles. The van der Waals surface area contributed by atoms with Crippen molar-refractivity contribution in [3.8, 4) is 11.6 Å². The first-order chi connectivity index (χ1) is 14.5. The molecule has 0 unspecified atom stereocenters. The normalized spacial score (nSPS) is 11.6. The molecule has 0 aliphatic heterocycles. The molecule has 0 aliphatic rings. The van der Waals surface area contributed by atoms with Gasteiger partial charge in [-0.05, 0) is 48.9 Å². The lowest BCUT2D eigenvalue weighted by Gasteiger charge is -2.15. The van der Waals surface area contributed by atoms with Gasteiger partial charge in [-0.25, -0.2) is 14.7 Å². The van der Waals surface area contributed by atoms with E-state index in [1.165, 1.54) is 12.1 Å². The summed E-state index contributed by atoms with van der Waals surface area (Å²) in [5.41, 5.74) is 1.44. The SMILES string of the molecule is CCNC(=NCc1ccnc(-n2cccn2)c1)NCc1cc(Cl)ccc1OC(F)F. The molecule has 1 aromatic carbocycles. The van der Waals surface area contributed by atoms with E-state index in [9.17, 15) is 8.78 Å². The zero-order chi connectivity index (χ0) is 21.3. The van der Waals surface area contributed by atoms with Crippen LogP contribution >= 0.6 is 11.6 Å². The first-order valence-electron chi connectivity index (χ1n) is 9.25. The molecule has 0 spiro atoms. The number of alkyl halides is 2. The summed E-state index contributed by atoms with van der Waals surface area (Å²) in [5, 5.41) is 10.8. The van der Waals surface area contributed by atoms with Crippen LogP contribution in [0.2, 0.25) is 5.02 Å². The monoisotopic (exact) mass is 434 g/mol. The number of nitrogens with zero attached hydrogens (tertiary/aromatic N) is 4. The quantitative estimate of drug-likeness (QED) is 0.417. The number of aromatic nitrogens is 3. The third-order valence-corrected chi connectivity index (χ3v) is 4.23. The number of hydrogen-bond acceptors (Lipinski definition) is 4. The van der Waals surface area contributed by atoms with Crippen molar-refractivity contribution in [1.29, 1.82) is 0 Å². The Balaban J connectivity index is 1.70. The van der Waals surface area contributed by atoms with Crippen molar-refractivity contribution in [3.63, 3.8) is 0 Å². The van der Waals surface area contributed by atoms with E-state index in [2.05, 4.69) is 30.4 Å². The number of pyridine rings is 1. The largest absolute Gasteiger partial charge is 0.434 e. The van der Waals surface area contributed by atoms with Crippen LogP contribution in [0.1, 0.15) is 18.1 Å². The fraction of sp³-hybridized carbons (Fsp3) is 0.250. The van der Waals surface area contributed by atoms with Crippen molar-refractivity contribution in [2.45, 2.75) is 26.6 Å². The van der Waals surface area contributed by atoms with Crippen LogP contribution in [0.3, 0.4) is 0 Å². The maximum Gasteiger partial charge on any atom is 0.387 e. The van der Waals surface area contributed by atoms with E-state index in [0.29, 0.717) is 35.5 Å². The smallest absolute Gasteiger partial charge is 0.387 e. The highest BCUT2D eigenvalue weighted by atomic mass is 35.5. The standard InChI is InChI=1S/C20H21ClF2N6O/c1-2-24-20(27-13-15-11-16(21)4-5-17(15)30-19(22)23)26-12-14-6-8-25-18(10-14)29-9-3-7-28-29/h3-11,19H,2,12-13H2,1H3,(H2,24,26,27). The Morgan fingerprint density at radius 2 is 2.10 bits per heavy atom. The molecule has 3 rings (SSSR count). The van der Waals surface area contributed by atoms with Crippen LogP contribution < -0.4 is 15.4 Å². The molecule has 0 radical (unpaired) electrons. The predicted molar refractivity (Wildman–Crippen MR) is 111 cm³/mol. The zero-order valence-electron chi connectivity index (χ0n) is 16.2. The van der Waals surface area contributed by atoms with Crippen LogP contribution in [-0.4, -0.2) is 33.9 Å². The Kier molecular flexibility index (Phi) is 7.56. The Bertz CT molecular complexity index is 981. The molecule has 0 saturated heterocycles. The maximum absolute atomic E-state index is 12.6. The van der Waals surface area contributed by atoms with Crippen LogP contribution in [-0.2, 0) is 13.1 Å². The molecular formula is C20H21ClF2N6O. The summed E-state index contributed by atoms with van der Waals surface area (Å²) >= 11 is 6.00. The molecule has 0 amide bonds. The van der Waals surface area contributed by atoms with Crippen LogP contribution in [0.25, 0.3) is 5.82 Å². The minimum absolute atomic E-state index is 0.0655. The molecule has 0 bridgehead atoms. The Hall–Kier alpha value is -3.20. The van der Waals surface area contributed by atoms with Gasteiger partial charge in [-0.1, -0.05) is 11.6 Å². The number of rotatable bonds is 8. The van der Waals surface area contributed by atoms with E-state index in [1.54, 1.807) is 23.1 Å². The van der Waals surface area contributed by atoms with Crippen molar-refractivity contribution in [3.05, 3.63) is 71.1 Å². The van der Waals surface area contributed by atoms with E-state index in [4.69, 9.17) is 11.6 Å². The van der Waals surface area contributed by atoms with Crippen molar-refractivity contribution in [2.24, 2.45) is 4.99 Å². The Morgan fingerprint density at radius 1 is 1.23 bits per heavy atom. The minimum atomic E-state index is -2.91. The van der Waals surface area contributed by atoms with Gasteiger partial charge in [0.2, 0.25) is 0 Å². The van der Waals surface area contributed by atoms with E-state index in [-0.39, 0.29) is 12.3 Å². The fourth-order valence-corrected chi connectivity index (χ4v) is 2.87. The first kappa shape index (κ1) is 21.5. The lowest BCUT2D eigenvalue weighted by molar-refractivity contribution is -0.0504. The number of nitrogens with one attached hydrogen (secondary N) is 2. The molecule has 10 heteroatoms. The summed E-state index contributed by atoms with van der Waals surface area (Å²) in [6.45, 7) is 0.258. The lowest BCUT2D eigenvalue weighted by Crippen LogP contribution is -2.36. The predicted octanol–water partition coefficient (Wildman–Crippen LogP) is 3.78. The second-order valence-corrected chi connectivity index (χ2v) is 6.59. The van der Waals surface area contributed by atoms with Gasteiger partial charge in [-0.3, -0.25) is 0 Å².